The number of benzene rings is 2. The molecule has 4 aromatic rings. The lowest BCUT2D eigenvalue weighted by atomic mass is 10.2. The monoisotopic (exact) mass is 488 g/mol. The lowest BCUT2D eigenvalue weighted by Gasteiger charge is -2.18. The predicted molar refractivity (Wildman–Crippen MR) is 134 cm³/mol. The topological polar surface area (TPSA) is 134 Å². The minimum absolute atomic E-state index is 0.0349. The molecular weight excluding hydrogens is 472 g/mol. The molecule has 0 bridgehead atoms. The third-order valence-corrected chi connectivity index (χ3v) is 5.50. The summed E-state index contributed by atoms with van der Waals surface area (Å²) in [7, 11) is 0. The molecule has 0 aliphatic rings. The second kappa shape index (κ2) is 10.1. The molecule has 0 aliphatic carbocycles. The summed E-state index contributed by atoms with van der Waals surface area (Å²) >= 11 is 7.33. The number of anilines is 5. The van der Waals surface area contributed by atoms with Crippen LogP contribution < -0.4 is 16.0 Å². The number of halogens is 1. The van der Waals surface area contributed by atoms with Crippen molar-refractivity contribution in [1.29, 1.82) is 5.26 Å². The second-order valence-corrected chi connectivity index (χ2v) is 8.16. The van der Waals surface area contributed by atoms with Crippen molar-refractivity contribution >= 4 is 68.9 Å². The van der Waals surface area contributed by atoms with Crippen molar-refractivity contribution < 1.29 is 4.79 Å². The Hall–Kier alpha value is -4.33. The van der Waals surface area contributed by atoms with Crippen molar-refractivity contribution in [3.05, 3.63) is 76.5 Å². The number of hydrogen-bond donors (Lipinski definition) is 2. The molecule has 2 aromatic carbocycles. The van der Waals surface area contributed by atoms with Crippen LogP contribution in [0.25, 0.3) is 11.6 Å². The van der Waals surface area contributed by atoms with E-state index in [0.717, 1.165) is 5.69 Å². The smallest absolute Gasteiger partial charge is 0.232 e. The summed E-state index contributed by atoms with van der Waals surface area (Å²) in [6.07, 6.45) is 1.53. The Morgan fingerprint density at radius 1 is 1.15 bits per heavy atom. The number of amides is 1. The second-order valence-electron chi connectivity index (χ2n) is 6.89. The molecule has 0 aliphatic heterocycles. The first-order valence-corrected chi connectivity index (χ1v) is 11.2. The van der Waals surface area contributed by atoms with Gasteiger partial charge in [-0.25, -0.2) is 4.98 Å². The third kappa shape index (κ3) is 5.35. The number of allylic oxidation sites excluding steroid dienone is 1. The largest absolute Gasteiger partial charge is 0.368 e. The van der Waals surface area contributed by atoms with Crippen molar-refractivity contribution in [2.24, 2.45) is 0 Å². The van der Waals surface area contributed by atoms with Crippen molar-refractivity contribution in [2.75, 3.05) is 16.0 Å². The van der Waals surface area contributed by atoms with E-state index in [2.05, 4.69) is 31.3 Å². The number of nitriles is 1. The Morgan fingerprint density at radius 3 is 2.65 bits per heavy atom. The van der Waals surface area contributed by atoms with E-state index >= 15 is 0 Å². The number of nitrogens with one attached hydrogen (secondary N) is 1. The molecule has 0 unspecified atom stereocenters. The highest BCUT2D eigenvalue weighted by molar-refractivity contribution is 7.14. The van der Waals surface area contributed by atoms with Gasteiger partial charge in [0.15, 0.2) is 11.0 Å². The molecular formula is C23H17ClN8OS. The zero-order chi connectivity index (χ0) is 24.1. The number of aromatic nitrogens is 4. The fraction of sp³-hybridized carbons (Fsp3) is 0.0435. The number of nitrogens with zero attached hydrogens (tertiary/aromatic N) is 6. The van der Waals surface area contributed by atoms with Crippen LogP contribution in [0.1, 0.15) is 18.4 Å². The van der Waals surface area contributed by atoms with Gasteiger partial charge in [-0.3, -0.25) is 9.69 Å². The summed E-state index contributed by atoms with van der Waals surface area (Å²) in [5.41, 5.74) is 7.79. The molecule has 2 aromatic heterocycles. The number of para-hydroxylation sites is 1. The van der Waals surface area contributed by atoms with Gasteiger partial charge in [0, 0.05) is 23.0 Å². The van der Waals surface area contributed by atoms with Crippen LogP contribution >= 0.6 is 22.9 Å². The molecule has 3 N–H and O–H groups in total. The zero-order valence-electron chi connectivity index (χ0n) is 17.8. The Balaban J connectivity index is 1.65. The lowest BCUT2D eigenvalue weighted by molar-refractivity contribution is -0.115. The molecule has 0 spiro atoms. The maximum absolute atomic E-state index is 12.3. The van der Waals surface area contributed by atoms with Crippen molar-refractivity contribution in [1.82, 2.24) is 19.9 Å². The average Bonchev–Trinajstić information content (AvgIpc) is 3.25. The van der Waals surface area contributed by atoms with E-state index < -0.39 is 0 Å². The van der Waals surface area contributed by atoms with E-state index in [-0.39, 0.29) is 29.2 Å². The van der Waals surface area contributed by atoms with E-state index in [4.69, 9.17) is 17.3 Å². The quantitative estimate of drug-likeness (QED) is 0.360. The standard InChI is InChI=1S/C23H17ClN8OS/c1-14(33)32(19-9-5-6-16(24)11-19)23-28-18(13-34-23)10-15(12-25)20-29-21(26)31-22(30-20)27-17-7-3-2-4-8-17/h2-11,13H,1H3,(H3,26,27,29,30,31)/b15-10+. The Bertz CT molecular complexity index is 1410. The van der Waals surface area contributed by atoms with Crippen LogP contribution in [0, 0.1) is 11.3 Å². The fourth-order valence-corrected chi connectivity index (χ4v) is 4.03. The van der Waals surface area contributed by atoms with Crippen LogP contribution in [-0.4, -0.2) is 25.8 Å². The van der Waals surface area contributed by atoms with E-state index in [9.17, 15) is 10.1 Å². The minimum Gasteiger partial charge on any atom is -0.368 e. The van der Waals surface area contributed by atoms with Gasteiger partial charge in [0.1, 0.15) is 6.07 Å². The molecule has 4 rings (SSSR count). The van der Waals surface area contributed by atoms with Crippen LogP contribution in [-0.2, 0) is 4.79 Å². The maximum atomic E-state index is 12.3. The van der Waals surface area contributed by atoms with Crippen molar-refractivity contribution in [2.45, 2.75) is 6.92 Å². The van der Waals surface area contributed by atoms with Gasteiger partial charge >= 0.3 is 0 Å². The van der Waals surface area contributed by atoms with E-state index in [1.165, 1.54) is 29.2 Å². The minimum atomic E-state index is -0.227. The van der Waals surface area contributed by atoms with Gasteiger partial charge in [0.2, 0.25) is 17.8 Å². The number of nitrogen functional groups attached to an aromatic ring is 1. The zero-order valence-corrected chi connectivity index (χ0v) is 19.4. The SMILES string of the molecule is CC(=O)N(c1cccc(Cl)c1)c1nc(/C=C(\C#N)c2nc(N)nc(Nc3ccccc3)n2)cs1. The number of nitrogens with two attached hydrogens (primary N) is 1. The van der Waals surface area contributed by atoms with Gasteiger partial charge in [-0.05, 0) is 36.4 Å². The van der Waals surface area contributed by atoms with Crippen molar-refractivity contribution in [3.63, 3.8) is 0 Å². The normalized spacial score (nSPS) is 11.0. The highest BCUT2D eigenvalue weighted by atomic mass is 35.5. The van der Waals surface area contributed by atoms with Crippen LogP contribution in [0.4, 0.5) is 28.4 Å². The average molecular weight is 489 g/mol. The first kappa shape index (κ1) is 22.8. The molecule has 0 radical (unpaired) electrons. The molecule has 168 valence electrons. The first-order valence-electron chi connectivity index (χ1n) is 9.90. The summed E-state index contributed by atoms with van der Waals surface area (Å²) in [4.78, 5) is 30.8. The van der Waals surface area contributed by atoms with Crippen LogP contribution in [0.15, 0.2) is 60.0 Å². The van der Waals surface area contributed by atoms with Crippen LogP contribution in [0.3, 0.4) is 0 Å². The summed E-state index contributed by atoms with van der Waals surface area (Å²) in [6, 6.07) is 18.3. The predicted octanol–water partition coefficient (Wildman–Crippen LogP) is 5.06. The summed E-state index contributed by atoms with van der Waals surface area (Å²) in [5.74, 6) is 0.0422. The fourth-order valence-electron chi connectivity index (χ4n) is 3.00. The molecule has 1 amide bonds. The summed E-state index contributed by atoms with van der Waals surface area (Å²) in [5, 5.41) is 15.4. The van der Waals surface area contributed by atoms with Crippen LogP contribution in [0.5, 0.6) is 0 Å². The van der Waals surface area contributed by atoms with E-state index in [1.54, 1.807) is 29.6 Å². The van der Waals surface area contributed by atoms with Gasteiger partial charge in [-0.15, -0.1) is 11.3 Å². The van der Waals surface area contributed by atoms with Crippen molar-refractivity contribution in [3.8, 4) is 6.07 Å². The Labute approximate surface area is 204 Å². The molecule has 34 heavy (non-hydrogen) atoms. The third-order valence-electron chi connectivity index (χ3n) is 4.42. The molecule has 0 saturated carbocycles. The van der Waals surface area contributed by atoms with E-state index in [0.29, 0.717) is 21.5 Å². The van der Waals surface area contributed by atoms with Gasteiger partial charge in [-0.2, -0.15) is 20.2 Å². The number of carbonyl (C=O) groups excluding carboxylic acids is 1. The van der Waals surface area contributed by atoms with E-state index in [1.807, 2.05) is 30.3 Å². The van der Waals surface area contributed by atoms with Gasteiger partial charge in [0.05, 0.1) is 17.0 Å². The van der Waals surface area contributed by atoms with Crippen LogP contribution in [0.2, 0.25) is 5.02 Å². The molecule has 0 saturated heterocycles. The van der Waals surface area contributed by atoms with Gasteiger partial charge in [0.25, 0.3) is 0 Å². The molecule has 0 fully saturated rings. The summed E-state index contributed by atoms with van der Waals surface area (Å²) in [6.45, 7) is 1.44. The number of carbonyl (C=O) groups is 1. The number of thiazole rings is 1. The highest BCUT2D eigenvalue weighted by Gasteiger charge is 2.18. The maximum Gasteiger partial charge on any atom is 0.232 e. The first-order chi connectivity index (χ1) is 16.4. The van der Waals surface area contributed by atoms with Gasteiger partial charge < -0.3 is 11.1 Å². The summed E-state index contributed by atoms with van der Waals surface area (Å²) < 4.78 is 0. The molecule has 2 heterocycles. The molecule has 0 atom stereocenters. The molecule has 9 nitrogen and oxygen atoms in total. The Morgan fingerprint density at radius 2 is 1.94 bits per heavy atom. The number of hydrogen-bond acceptors (Lipinski definition) is 9. The van der Waals surface area contributed by atoms with Gasteiger partial charge in [-0.1, -0.05) is 35.9 Å². The Kier molecular flexibility index (Phi) is 6.77. The number of rotatable bonds is 6. The molecule has 11 heteroatoms. The lowest BCUT2D eigenvalue weighted by Crippen LogP contribution is -2.22. The highest BCUT2D eigenvalue weighted by Crippen LogP contribution is 2.31.